The fourth-order valence-corrected chi connectivity index (χ4v) is 1.72. The van der Waals surface area contributed by atoms with Gasteiger partial charge in [0.1, 0.15) is 0 Å². The van der Waals surface area contributed by atoms with Crippen molar-refractivity contribution in [3.8, 4) is 0 Å². The molecule has 0 aliphatic carbocycles. The van der Waals surface area contributed by atoms with Crippen LogP contribution < -0.4 is 5.32 Å². The number of likely N-dealkylation sites (N-methyl/N-ethyl adjacent to an activating group) is 1. The van der Waals surface area contributed by atoms with Crippen molar-refractivity contribution in [3.05, 3.63) is 39.9 Å². The highest BCUT2D eigenvalue weighted by Gasteiger charge is 2.09. The van der Waals surface area contributed by atoms with Gasteiger partial charge in [-0.2, -0.15) is 0 Å². The van der Waals surface area contributed by atoms with E-state index in [1.54, 1.807) is 12.1 Å². The Morgan fingerprint density at radius 2 is 1.84 bits per heavy atom. The standard InChI is InChI=1S/C14H23N3O2/c1-11(2)16(4)10-9-15-12(3)13-5-7-14(8-6-13)17(18)19/h5-8,11-12,15H,9-10H2,1-4H3. The van der Waals surface area contributed by atoms with E-state index in [1.165, 1.54) is 0 Å². The Kier molecular flexibility index (Phi) is 5.92. The second-order valence-corrected chi connectivity index (χ2v) is 5.10. The van der Waals surface area contributed by atoms with E-state index in [1.807, 2.05) is 12.1 Å². The third-order valence-electron chi connectivity index (χ3n) is 3.40. The van der Waals surface area contributed by atoms with E-state index in [0.29, 0.717) is 6.04 Å². The van der Waals surface area contributed by atoms with Crippen LogP contribution in [0.5, 0.6) is 0 Å². The summed E-state index contributed by atoms with van der Waals surface area (Å²) in [5, 5.41) is 14.0. The van der Waals surface area contributed by atoms with Gasteiger partial charge >= 0.3 is 0 Å². The van der Waals surface area contributed by atoms with Gasteiger partial charge in [0.05, 0.1) is 4.92 Å². The monoisotopic (exact) mass is 265 g/mol. The Morgan fingerprint density at radius 1 is 1.26 bits per heavy atom. The van der Waals surface area contributed by atoms with Gasteiger partial charge in [0.15, 0.2) is 0 Å². The summed E-state index contributed by atoms with van der Waals surface area (Å²) in [6.45, 7) is 8.28. The van der Waals surface area contributed by atoms with Crippen molar-refractivity contribution in [1.29, 1.82) is 0 Å². The Balaban J connectivity index is 2.45. The van der Waals surface area contributed by atoms with Crippen LogP contribution >= 0.6 is 0 Å². The lowest BCUT2D eigenvalue weighted by Crippen LogP contribution is -2.34. The third-order valence-corrected chi connectivity index (χ3v) is 3.40. The fourth-order valence-electron chi connectivity index (χ4n) is 1.72. The van der Waals surface area contributed by atoms with Gasteiger partial charge in [0, 0.05) is 37.3 Å². The highest BCUT2D eigenvalue weighted by molar-refractivity contribution is 5.33. The molecule has 1 atom stereocenters. The topological polar surface area (TPSA) is 58.4 Å². The summed E-state index contributed by atoms with van der Waals surface area (Å²) in [5.41, 5.74) is 1.20. The summed E-state index contributed by atoms with van der Waals surface area (Å²) >= 11 is 0. The molecule has 0 fully saturated rings. The lowest BCUT2D eigenvalue weighted by atomic mass is 10.1. The first-order valence-electron chi connectivity index (χ1n) is 6.59. The summed E-state index contributed by atoms with van der Waals surface area (Å²) in [6.07, 6.45) is 0. The van der Waals surface area contributed by atoms with Gasteiger partial charge in [-0.05, 0) is 33.4 Å². The number of nitrogens with one attached hydrogen (secondary N) is 1. The van der Waals surface area contributed by atoms with E-state index in [0.717, 1.165) is 18.7 Å². The quantitative estimate of drug-likeness (QED) is 0.608. The molecule has 0 heterocycles. The van der Waals surface area contributed by atoms with Gasteiger partial charge in [0.25, 0.3) is 5.69 Å². The Bertz CT molecular complexity index is 404. The van der Waals surface area contributed by atoms with Crippen LogP contribution in [0, 0.1) is 10.1 Å². The van der Waals surface area contributed by atoms with E-state index in [4.69, 9.17) is 0 Å². The molecule has 1 aromatic rings. The minimum Gasteiger partial charge on any atom is -0.309 e. The molecule has 0 saturated heterocycles. The predicted octanol–water partition coefficient (Wildman–Crippen LogP) is 2.59. The lowest BCUT2D eigenvalue weighted by molar-refractivity contribution is -0.384. The SMILES string of the molecule is CC(NCCN(C)C(C)C)c1ccc([N+](=O)[O-])cc1. The average molecular weight is 265 g/mol. The van der Waals surface area contributed by atoms with E-state index in [-0.39, 0.29) is 16.7 Å². The highest BCUT2D eigenvalue weighted by atomic mass is 16.6. The number of rotatable bonds is 7. The normalized spacial score (nSPS) is 12.9. The molecule has 0 radical (unpaired) electrons. The first kappa shape index (κ1) is 15.6. The van der Waals surface area contributed by atoms with Gasteiger partial charge in [-0.15, -0.1) is 0 Å². The summed E-state index contributed by atoms with van der Waals surface area (Å²) in [6, 6.07) is 7.45. The molecular formula is C14H23N3O2. The van der Waals surface area contributed by atoms with Gasteiger partial charge < -0.3 is 10.2 Å². The Labute approximate surface area is 114 Å². The number of non-ortho nitro benzene ring substituents is 1. The van der Waals surface area contributed by atoms with Crippen molar-refractivity contribution in [2.24, 2.45) is 0 Å². The van der Waals surface area contributed by atoms with Crippen molar-refractivity contribution >= 4 is 5.69 Å². The smallest absolute Gasteiger partial charge is 0.269 e. The van der Waals surface area contributed by atoms with Crippen LogP contribution in [0.3, 0.4) is 0 Å². The zero-order valence-electron chi connectivity index (χ0n) is 12.1. The van der Waals surface area contributed by atoms with Gasteiger partial charge in [-0.25, -0.2) is 0 Å². The predicted molar refractivity (Wildman–Crippen MR) is 77.3 cm³/mol. The van der Waals surface area contributed by atoms with Crippen molar-refractivity contribution in [2.45, 2.75) is 32.9 Å². The molecule has 0 aromatic heterocycles. The zero-order valence-corrected chi connectivity index (χ0v) is 12.1. The highest BCUT2D eigenvalue weighted by Crippen LogP contribution is 2.17. The molecule has 0 amide bonds. The van der Waals surface area contributed by atoms with Crippen LogP contribution in [-0.4, -0.2) is 36.0 Å². The van der Waals surface area contributed by atoms with Crippen molar-refractivity contribution in [2.75, 3.05) is 20.1 Å². The average Bonchev–Trinajstić information content (AvgIpc) is 2.38. The number of nitro benzene ring substituents is 1. The maximum atomic E-state index is 10.6. The van der Waals surface area contributed by atoms with Crippen LogP contribution in [0.2, 0.25) is 0 Å². The van der Waals surface area contributed by atoms with Crippen molar-refractivity contribution < 1.29 is 4.92 Å². The van der Waals surface area contributed by atoms with Gasteiger partial charge in [0.2, 0.25) is 0 Å². The van der Waals surface area contributed by atoms with Crippen LogP contribution in [0.15, 0.2) is 24.3 Å². The van der Waals surface area contributed by atoms with E-state index in [2.05, 4.69) is 38.0 Å². The van der Waals surface area contributed by atoms with Crippen LogP contribution in [0.4, 0.5) is 5.69 Å². The molecule has 5 heteroatoms. The molecule has 1 unspecified atom stereocenters. The molecule has 19 heavy (non-hydrogen) atoms. The first-order valence-corrected chi connectivity index (χ1v) is 6.59. The minimum absolute atomic E-state index is 0.135. The zero-order chi connectivity index (χ0) is 14.4. The maximum Gasteiger partial charge on any atom is 0.269 e. The Morgan fingerprint density at radius 3 is 2.32 bits per heavy atom. The summed E-state index contributed by atoms with van der Waals surface area (Å²) in [5.74, 6) is 0. The molecule has 0 bridgehead atoms. The number of hydrogen-bond acceptors (Lipinski definition) is 4. The van der Waals surface area contributed by atoms with E-state index in [9.17, 15) is 10.1 Å². The number of hydrogen-bond donors (Lipinski definition) is 1. The second kappa shape index (κ2) is 7.21. The Hall–Kier alpha value is -1.46. The number of nitrogens with zero attached hydrogens (tertiary/aromatic N) is 2. The molecule has 106 valence electrons. The van der Waals surface area contributed by atoms with Crippen LogP contribution in [0.25, 0.3) is 0 Å². The van der Waals surface area contributed by atoms with E-state index >= 15 is 0 Å². The number of benzene rings is 1. The molecular weight excluding hydrogens is 242 g/mol. The molecule has 5 nitrogen and oxygen atoms in total. The lowest BCUT2D eigenvalue weighted by Gasteiger charge is -2.22. The summed E-state index contributed by atoms with van der Waals surface area (Å²) in [4.78, 5) is 12.5. The summed E-state index contributed by atoms with van der Waals surface area (Å²) < 4.78 is 0. The van der Waals surface area contributed by atoms with Crippen LogP contribution in [0.1, 0.15) is 32.4 Å². The van der Waals surface area contributed by atoms with Gasteiger partial charge in [-0.3, -0.25) is 10.1 Å². The van der Waals surface area contributed by atoms with E-state index < -0.39 is 0 Å². The molecule has 0 aliphatic heterocycles. The molecule has 0 spiro atoms. The van der Waals surface area contributed by atoms with Crippen molar-refractivity contribution in [3.63, 3.8) is 0 Å². The molecule has 0 saturated carbocycles. The minimum atomic E-state index is -0.376. The van der Waals surface area contributed by atoms with Crippen LogP contribution in [-0.2, 0) is 0 Å². The molecule has 1 N–H and O–H groups in total. The first-order chi connectivity index (χ1) is 8.91. The van der Waals surface area contributed by atoms with Gasteiger partial charge in [-0.1, -0.05) is 12.1 Å². The second-order valence-electron chi connectivity index (χ2n) is 5.10. The largest absolute Gasteiger partial charge is 0.309 e. The molecule has 0 aliphatic rings. The number of nitro groups is 1. The maximum absolute atomic E-state index is 10.6. The molecule has 1 rings (SSSR count). The molecule has 1 aromatic carbocycles. The van der Waals surface area contributed by atoms with Crippen molar-refractivity contribution in [1.82, 2.24) is 10.2 Å². The summed E-state index contributed by atoms with van der Waals surface area (Å²) in [7, 11) is 2.10. The fraction of sp³-hybridized carbons (Fsp3) is 0.571. The third kappa shape index (κ3) is 4.96.